The van der Waals surface area contributed by atoms with Crippen LogP contribution in [0.1, 0.15) is 50.0 Å². The van der Waals surface area contributed by atoms with E-state index in [1.807, 2.05) is 0 Å². The van der Waals surface area contributed by atoms with Crippen molar-refractivity contribution in [2.24, 2.45) is 11.8 Å². The van der Waals surface area contributed by atoms with E-state index in [2.05, 4.69) is 32.2 Å². The molecule has 90 valence electrons. The fourth-order valence-electron chi connectivity index (χ4n) is 3.10. The van der Waals surface area contributed by atoms with E-state index in [-0.39, 0.29) is 0 Å². The van der Waals surface area contributed by atoms with Gasteiger partial charge in [0.05, 0.1) is 5.60 Å². The maximum absolute atomic E-state index is 11.0. The van der Waals surface area contributed by atoms with Crippen LogP contribution in [0.15, 0.2) is 11.4 Å². The largest absolute Gasteiger partial charge is 0.385 e. The molecular formula is C14H22OS. The molecule has 1 nitrogen and oxygen atoms in total. The summed E-state index contributed by atoms with van der Waals surface area (Å²) < 4.78 is 0. The standard InChI is InChI=1S/C14H22OS/c1-10(2)13-6-4-5-7-14(13,15)12-8-11(3)16-9-12/h8-10,13,15H,4-7H2,1-3H3. The van der Waals surface area contributed by atoms with Gasteiger partial charge in [0.15, 0.2) is 0 Å². The molecule has 0 amide bonds. The normalized spacial score (nSPS) is 30.9. The molecule has 2 unspecified atom stereocenters. The third kappa shape index (κ3) is 2.05. The maximum atomic E-state index is 11.0. The van der Waals surface area contributed by atoms with Gasteiger partial charge >= 0.3 is 0 Å². The Morgan fingerprint density at radius 3 is 2.75 bits per heavy atom. The molecule has 2 atom stereocenters. The summed E-state index contributed by atoms with van der Waals surface area (Å²) in [6.45, 7) is 6.59. The summed E-state index contributed by atoms with van der Waals surface area (Å²) in [5, 5.41) is 13.1. The van der Waals surface area contributed by atoms with E-state index >= 15 is 0 Å². The lowest BCUT2D eigenvalue weighted by Gasteiger charge is -2.42. The summed E-state index contributed by atoms with van der Waals surface area (Å²) in [7, 11) is 0. The number of thiophene rings is 1. The molecule has 1 N–H and O–H groups in total. The van der Waals surface area contributed by atoms with E-state index < -0.39 is 5.60 Å². The third-order valence-electron chi connectivity index (χ3n) is 3.97. The Hall–Kier alpha value is -0.340. The molecule has 0 spiro atoms. The zero-order valence-corrected chi connectivity index (χ0v) is 11.3. The van der Waals surface area contributed by atoms with Gasteiger partial charge in [-0.1, -0.05) is 26.7 Å². The highest BCUT2D eigenvalue weighted by molar-refractivity contribution is 7.10. The molecule has 16 heavy (non-hydrogen) atoms. The second-order valence-electron chi connectivity index (χ2n) is 5.47. The van der Waals surface area contributed by atoms with Crippen molar-refractivity contribution in [1.82, 2.24) is 0 Å². The highest BCUT2D eigenvalue weighted by Crippen LogP contribution is 2.46. The quantitative estimate of drug-likeness (QED) is 0.822. The van der Waals surface area contributed by atoms with Crippen LogP contribution in [0.2, 0.25) is 0 Å². The van der Waals surface area contributed by atoms with E-state index in [0.717, 1.165) is 18.4 Å². The van der Waals surface area contributed by atoms with E-state index in [1.165, 1.54) is 17.7 Å². The molecule has 1 saturated carbocycles. The van der Waals surface area contributed by atoms with Crippen LogP contribution in [0.4, 0.5) is 0 Å². The number of hydrogen-bond donors (Lipinski definition) is 1. The van der Waals surface area contributed by atoms with Gasteiger partial charge in [0.1, 0.15) is 0 Å². The molecule has 0 bridgehead atoms. The van der Waals surface area contributed by atoms with Crippen LogP contribution in [-0.4, -0.2) is 5.11 Å². The first kappa shape index (κ1) is 12.1. The zero-order chi connectivity index (χ0) is 11.8. The highest BCUT2D eigenvalue weighted by Gasteiger charge is 2.42. The van der Waals surface area contributed by atoms with Gasteiger partial charge in [-0.2, -0.15) is 0 Å². The van der Waals surface area contributed by atoms with Crippen LogP contribution in [0, 0.1) is 18.8 Å². The molecule has 2 heteroatoms. The Balaban J connectivity index is 2.32. The molecule has 1 heterocycles. The summed E-state index contributed by atoms with van der Waals surface area (Å²) in [6, 6.07) is 2.17. The lowest BCUT2D eigenvalue weighted by molar-refractivity contribution is -0.0718. The molecule has 1 aliphatic carbocycles. The van der Waals surface area contributed by atoms with E-state index in [0.29, 0.717) is 11.8 Å². The Kier molecular flexibility index (Phi) is 3.41. The van der Waals surface area contributed by atoms with Crippen LogP contribution < -0.4 is 0 Å². The van der Waals surface area contributed by atoms with Crippen molar-refractivity contribution in [2.45, 2.75) is 52.1 Å². The molecule has 0 aromatic carbocycles. The van der Waals surface area contributed by atoms with Gasteiger partial charge in [-0.3, -0.25) is 0 Å². The van der Waals surface area contributed by atoms with E-state index in [9.17, 15) is 5.11 Å². The minimum Gasteiger partial charge on any atom is -0.385 e. The van der Waals surface area contributed by atoms with Crippen molar-refractivity contribution >= 4 is 11.3 Å². The van der Waals surface area contributed by atoms with Crippen molar-refractivity contribution < 1.29 is 5.11 Å². The Morgan fingerprint density at radius 1 is 1.44 bits per heavy atom. The predicted octanol–water partition coefficient (Wildman–Crippen LogP) is 4.09. The fourth-order valence-corrected chi connectivity index (χ4v) is 3.88. The smallest absolute Gasteiger partial charge is 0.0935 e. The number of aliphatic hydroxyl groups is 1. The highest BCUT2D eigenvalue weighted by atomic mass is 32.1. The lowest BCUT2D eigenvalue weighted by atomic mass is 9.67. The van der Waals surface area contributed by atoms with Gasteiger partial charge in [-0.25, -0.2) is 0 Å². The molecule has 1 aromatic rings. The first-order valence-electron chi connectivity index (χ1n) is 6.32. The van der Waals surface area contributed by atoms with Crippen molar-refractivity contribution in [3.05, 3.63) is 21.9 Å². The molecule has 0 aliphatic heterocycles. The first-order valence-corrected chi connectivity index (χ1v) is 7.20. The van der Waals surface area contributed by atoms with E-state index in [1.54, 1.807) is 11.3 Å². The molecule has 0 radical (unpaired) electrons. The number of aryl methyl sites for hydroxylation is 1. The topological polar surface area (TPSA) is 20.2 Å². The average Bonchev–Trinajstić information content (AvgIpc) is 2.65. The fraction of sp³-hybridized carbons (Fsp3) is 0.714. The molecule has 1 aromatic heterocycles. The zero-order valence-electron chi connectivity index (χ0n) is 10.5. The number of hydrogen-bond acceptors (Lipinski definition) is 2. The average molecular weight is 238 g/mol. The second-order valence-corrected chi connectivity index (χ2v) is 6.58. The summed E-state index contributed by atoms with van der Waals surface area (Å²) in [5.41, 5.74) is 0.602. The summed E-state index contributed by atoms with van der Waals surface area (Å²) in [6.07, 6.45) is 4.54. The summed E-state index contributed by atoms with van der Waals surface area (Å²) in [4.78, 5) is 1.30. The first-order chi connectivity index (χ1) is 7.54. The lowest BCUT2D eigenvalue weighted by Crippen LogP contribution is -2.40. The van der Waals surface area contributed by atoms with Crippen molar-refractivity contribution in [2.75, 3.05) is 0 Å². The molecule has 1 aliphatic rings. The second kappa shape index (κ2) is 4.50. The molecule has 2 rings (SSSR count). The molecular weight excluding hydrogens is 216 g/mol. The Morgan fingerprint density at radius 2 is 2.19 bits per heavy atom. The van der Waals surface area contributed by atoms with Crippen molar-refractivity contribution in [1.29, 1.82) is 0 Å². The van der Waals surface area contributed by atoms with Crippen LogP contribution >= 0.6 is 11.3 Å². The third-order valence-corrected chi connectivity index (χ3v) is 4.83. The van der Waals surface area contributed by atoms with Gasteiger partial charge in [-0.05, 0) is 48.6 Å². The van der Waals surface area contributed by atoms with Crippen molar-refractivity contribution in [3.63, 3.8) is 0 Å². The van der Waals surface area contributed by atoms with Crippen molar-refractivity contribution in [3.8, 4) is 0 Å². The number of rotatable bonds is 2. The summed E-state index contributed by atoms with van der Waals surface area (Å²) >= 11 is 1.75. The van der Waals surface area contributed by atoms with Crippen LogP contribution in [-0.2, 0) is 5.60 Å². The Labute approximate surface area is 103 Å². The van der Waals surface area contributed by atoms with Gasteiger partial charge in [0.25, 0.3) is 0 Å². The monoisotopic (exact) mass is 238 g/mol. The Bertz CT molecular complexity index is 355. The van der Waals surface area contributed by atoms with Crippen LogP contribution in [0.5, 0.6) is 0 Å². The minimum absolute atomic E-state index is 0.426. The van der Waals surface area contributed by atoms with Gasteiger partial charge in [0, 0.05) is 4.88 Å². The summed E-state index contributed by atoms with van der Waals surface area (Å²) in [5.74, 6) is 0.987. The van der Waals surface area contributed by atoms with Crippen LogP contribution in [0.3, 0.4) is 0 Å². The SMILES string of the molecule is Cc1cc(C2(O)CCCCC2C(C)C)cs1. The van der Waals surface area contributed by atoms with Crippen LogP contribution in [0.25, 0.3) is 0 Å². The van der Waals surface area contributed by atoms with Gasteiger partial charge in [-0.15, -0.1) is 11.3 Å². The van der Waals surface area contributed by atoms with Gasteiger partial charge in [0.2, 0.25) is 0 Å². The predicted molar refractivity (Wildman–Crippen MR) is 69.7 cm³/mol. The molecule has 1 fully saturated rings. The maximum Gasteiger partial charge on any atom is 0.0935 e. The molecule has 0 saturated heterocycles. The van der Waals surface area contributed by atoms with E-state index in [4.69, 9.17) is 0 Å². The van der Waals surface area contributed by atoms with Gasteiger partial charge < -0.3 is 5.11 Å². The minimum atomic E-state index is -0.558.